The van der Waals surface area contributed by atoms with Gasteiger partial charge in [0.25, 0.3) is 0 Å². The van der Waals surface area contributed by atoms with Crippen LogP contribution in [0.15, 0.2) is 18.2 Å². The van der Waals surface area contributed by atoms with Gasteiger partial charge < -0.3 is 16.4 Å². The van der Waals surface area contributed by atoms with Gasteiger partial charge in [-0.3, -0.25) is 9.59 Å². The van der Waals surface area contributed by atoms with Crippen LogP contribution >= 0.6 is 0 Å². The van der Waals surface area contributed by atoms with Gasteiger partial charge in [-0.15, -0.1) is 0 Å². The molecule has 1 aromatic carbocycles. The lowest BCUT2D eigenvalue weighted by Crippen LogP contribution is -2.48. The Morgan fingerprint density at radius 1 is 1.20 bits per heavy atom. The van der Waals surface area contributed by atoms with Gasteiger partial charge in [-0.05, 0) is 56.4 Å². The Morgan fingerprint density at radius 2 is 1.88 bits per heavy atom. The summed E-state index contributed by atoms with van der Waals surface area (Å²) in [6.45, 7) is 6.45. The summed E-state index contributed by atoms with van der Waals surface area (Å²) in [5.41, 5.74) is 8.51. The number of nitrogens with one attached hydrogen (secondary N) is 2. The van der Waals surface area contributed by atoms with Crippen molar-refractivity contribution in [1.29, 1.82) is 0 Å². The minimum Gasteiger partial charge on any atom is -0.354 e. The van der Waals surface area contributed by atoms with Crippen molar-refractivity contribution in [1.82, 2.24) is 5.32 Å². The lowest BCUT2D eigenvalue weighted by molar-refractivity contribution is -0.127. The summed E-state index contributed by atoms with van der Waals surface area (Å²) in [7, 11) is 0. The summed E-state index contributed by atoms with van der Waals surface area (Å²) in [5.74, 6) is -0.162. The van der Waals surface area contributed by atoms with E-state index in [0.29, 0.717) is 13.0 Å². The summed E-state index contributed by atoms with van der Waals surface area (Å²) in [5, 5.41) is 5.96. The maximum Gasteiger partial charge on any atom is 0.236 e. The highest BCUT2D eigenvalue weighted by molar-refractivity contribution is 5.96. The Bertz CT molecular complexity index is 621. The van der Waals surface area contributed by atoms with Crippen LogP contribution in [0.3, 0.4) is 0 Å². The Kier molecular flexibility index (Phi) is 6.59. The summed E-state index contributed by atoms with van der Waals surface area (Å²) in [4.78, 5) is 25.1. The third-order valence-electron chi connectivity index (χ3n) is 5.34. The Hall–Kier alpha value is -1.88. The third kappa shape index (κ3) is 4.82. The summed E-state index contributed by atoms with van der Waals surface area (Å²) in [6.07, 6.45) is 5.15. The molecule has 4 N–H and O–H groups in total. The minimum atomic E-state index is -0.527. The smallest absolute Gasteiger partial charge is 0.236 e. The van der Waals surface area contributed by atoms with Crippen molar-refractivity contribution in [2.45, 2.75) is 65.3 Å². The zero-order valence-corrected chi connectivity index (χ0v) is 15.7. The van der Waals surface area contributed by atoms with Crippen LogP contribution in [0.2, 0.25) is 0 Å². The van der Waals surface area contributed by atoms with Crippen LogP contribution in [0, 0.1) is 19.3 Å². The van der Waals surface area contributed by atoms with Crippen LogP contribution in [0.4, 0.5) is 5.69 Å². The zero-order chi connectivity index (χ0) is 18.4. The first kappa shape index (κ1) is 19.4. The van der Waals surface area contributed by atoms with Gasteiger partial charge in [-0.2, -0.15) is 0 Å². The largest absolute Gasteiger partial charge is 0.354 e. The fourth-order valence-electron chi connectivity index (χ4n) is 3.45. The van der Waals surface area contributed by atoms with Crippen LogP contribution in [0.5, 0.6) is 0 Å². The minimum absolute atomic E-state index is 0.00221. The standard InChI is InChI=1S/C20H31N3O2/c1-4-7-17(21)18(24)22-13-20(10-5-6-11-20)19(25)23-16-9-8-14(2)15(3)12-16/h8-9,12,17H,4-7,10-11,13,21H2,1-3H3,(H,22,24)(H,23,25). The van der Waals surface area contributed by atoms with Gasteiger partial charge in [-0.1, -0.05) is 32.3 Å². The molecule has 1 unspecified atom stereocenters. The monoisotopic (exact) mass is 345 g/mol. The molecule has 1 aliphatic carbocycles. The molecule has 5 nitrogen and oxygen atoms in total. The molecule has 0 aromatic heterocycles. The summed E-state index contributed by atoms with van der Waals surface area (Å²) in [6, 6.07) is 5.44. The molecule has 138 valence electrons. The van der Waals surface area contributed by atoms with Crippen LogP contribution in [0.1, 0.15) is 56.6 Å². The fraction of sp³-hybridized carbons (Fsp3) is 0.600. The molecule has 0 radical (unpaired) electrons. The highest BCUT2D eigenvalue weighted by atomic mass is 16.2. The number of aryl methyl sites for hydroxylation is 2. The van der Waals surface area contributed by atoms with Crippen molar-refractivity contribution in [2.75, 3.05) is 11.9 Å². The van der Waals surface area contributed by atoms with E-state index in [2.05, 4.69) is 17.6 Å². The highest BCUT2D eigenvalue weighted by Gasteiger charge is 2.41. The third-order valence-corrected chi connectivity index (χ3v) is 5.34. The van der Waals surface area contributed by atoms with E-state index in [-0.39, 0.29) is 11.8 Å². The molecular formula is C20H31N3O2. The average molecular weight is 345 g/mol. The number of nitrogens with two attached hydrogens (primary N) is 1. The van der Waals surface area contributed by atoms with Crippen LogP contribution < -0.4 is 16.4 Å². The van der Waals surface area contributed by atoms with E-state index in [4.69, 9.17) is 5.73 Å². The van der Waals surface area contributed by atoms with Gasteiger partial charge in [0.1, 0.15) is 0 Å². The van der Waals surface area contributed by atoms with E-state index in [0.717, 1.165) is 43.4 Å². The van der Waals surface area contributed by atoms with E-state index >= 15 is 0 Å². The quantitative estimate of drug-likeness (QED) is 0.710. The molecule has 5 heteroatoms. The number of rotatable bonds is 7. The molecule has 1 saturated carbocycles. The molecule has 0 spiro atoms. The van der Waals surface area contributed by atoms with Crippen molar-refractivity contribution in [3.63, 3.8) is 0 Å². The molecule has 1 fully saturated rings. The Labute approximate surface area is 150 Å². The van der Waals surface area contributed by atoms with E-state index in [1.165, 1.54) is 5.56 Å². The van der Waals surface area contributed by atoms with E-state index < -0.39 is 11.5 Å². The molecule has 0 saturated heterocycles. The van der Waals surface area contributed by atoms with Gasteiger partial charge in [0, 0.05) is 12.2 Å². The SMILES string of the molecule is CCCC(N)C(=O)NCC1(C(=O)Nc2ccc(C)c(C)c2)CCCC1. The second-order valence-corrected chi connectivity index (χ2v) is 7.35. The molecule has 1 atom stereocenters. The van der Waals surface area contributed by atoms with Crippen molar-refractivity contribution in [2.24, 2.45) is 11.1 Å². The van der Waals surface area contributed by atoms with Crippen LogP contribution in [0.25, 0.3) is 0 Å². The predicted octanol–water partition coefficient (Wildman–Crippen LogP) is 3.05. The molecule has 2 amide bonds. The first-order valence-electron chi connectivity index (χ1n) is 9.30. The zero-order valence-electron chi connectivity index (χ0n) is 15.7. The Morgan fingerprint density at radius 3 is 2.48 bits per heavy atom. The molecule has 25 heavy (non-hydrogen) atoms. The number of anilines is 1. The highest BCUT2D eigenvalue weighted by Crippen LogP contribution is 2.38. The number of benzene rings is 1. The number of amides is 2. The maximum atomic E-state index is 12.9. The first-order chi connectivity index (χ1) is 11.9. The normalized spacial score (nSPS) is 17.1. The number of carbonyl (C=O) groups excluding carboxylic acids is 2. The second-order valence-electron chi connectivity index (χ2n) is 7.35. The lowest BCUT2D eigenvalue weighted by atomic mass is 9.84. The first-order valence-corrected chi connectivity index (χ1v) is 9.30. The van der Waals surface area contributed by atoms with Crippen molar-refractivity contribution in [3.8, 4) is 0 Å². The number of hydrogen-bond donors (Lipinski definition) is 3. The summed E-state index contributed by atoms with van der Waals surface area (Å²) >= 11 is 0. The van der Waals surface area contributed by atoms with Crippen molar-refractivity contribution >= 4 is 17.5 Å². The molecule has 1 aromatic rings. The Balaban J connectivity index is 2.04. The van der Waals surface area contributed by atoms with E-state index in [1.807, 2.05) is 32.0 Å². The van der Waals surface area contributed by atoms with Crippen molar-refractivity contribution in [3.05, 3.63) is 29.3 Å². The average Bonchev–Trinajstić information content (AvgIpc) is 3.06. The van der Waals surface area contributed by atoms with Gasteiger partial charge in [-0.25, -0.2) is 0 Å². The van der Waals surface area contributed by atoms with Gasteiger partial charge in [0.05, 0.1) is 11.5 Å². The molecule has 2 rings (SSSR count). The lowest BCUT2D eigenvalue weighted by Gasteiger charge is -2.28. The summed E-state index contributed by atoms with van der Waals surface area (Å²) < 4.78 is 0. The predicted molar refractivity (Wildman–Crippen MR) is 101 cm³/mol. The molecule has 0 bridgehead atoms. The second kappa shape index (κ2) is 8.48. The molecule has 0 heterocycles. The van der Waals surface area contributed by atoms with E-state index in [1.54, 1.807) is 0 Å². The fourth-order valence-corrected chi connectivity index (χ4v) is 3.45. The molecule has 0 aliphatic heterocycles. The molecule has 1 aliphatic rings. The van der Waals surface area contributed by atoms with Gasteiger partial charge >= 0.3 is 0 Å². The van der Waals surface area contributed by atoms with Crippen LogP contribution in [-0.2, 0) is 9.59 Å². The van der Waals surface area contributed by atoms with Gasteiger partial charge in [0.15, 0.2) is 0 Å². The van der Waals surface area contributed by atoms with Gasteiger partial charge in [0.2, 0.25) is 11.8 Å². The number of carbonyl (C=O) groups is 2. The maximum absolute atomic E-state index is 12.9. The topological polar surface area (TPSA) is 84.2 Å². The van der Waals surface area contributed by atoms with Crippen molar-refractivity contribution < 1.29 is 9.59 Å². The number of hydrogen-bond acceptors (Lipinski definition) is 3. The van der Waals surface area contributed by atoms with Crippen LogP contribution in [-0.4, -0.2) is 24.4 Å². The molecular weight excluding hydrogens is 314 g/mol. The van der Waals surface area contributed by atoms with E-state index in [9.17, 15) is 9.59 Å².